The second kappa shape index (κ2) is 12.1. The van der Waals surface area contributed by atoms with Gasteiger partial charge in [-0.2, -0.15) is 5.26 Å². The molecule has 3 heterocycles. The van der Waals surface area contributed by atoms with E-state index in [1.165, 1.54) is 4.90 Å². The van der Waals surface area contributed by atoms with E-state index in [0.29, 0.717) is 36.5 Å². The van der Waals surface area contributed by atoms with Crippen molar-refractivity contribution >= 4 is 35.0 Å². The molecule has 3 amide bonds. The van der Waals surface area contributed by atoms with Crippen molar-refractivity contribution < 1.29 is 23.2 Å². The van der Waals surface area contributed by atoms with Crippen LogP contribution in [0.15, 0.2) is 24.3 Å². The van der Waals surface area contributed by atoms with Gasteiger partial charge < -0.3 is 20.9 Å². The van der Waals surface area contributed by atoms with E-state index >= 15 is 8.78 Å². The molecule has 3 aliphatic heterocycles. The second-order valence-electron chi connectivity index (χ2n) is 11.4. The van der Waals surface area contributed by atoms with Gasteiger partial charge in [-0.3, -0.25) is 14.4 Å². The molecule has 0 unspecified atom stereocenters. The molecule has 1 aromatic rings. The summed E-state index contributed by atoms with van der Waals surface area (Å²) in [4.78, 5) is 41.2. The van der Waals surface area contributed by atoms with Crippen LogP contribution in [0.4, 0.5) is 14.5 Å². The Morgan fingerprint density at radius 3 is 2.69 bits per heavy atom. The fraction of sp³-hybridized carbons (Fsp3) is 0.643. The van der Waals surface area contributed by atoms with Crippen LogP contribution in [-0.4, -0.2) is 59.3 Å². The Morgan fingerprint density at radius 1 is 1.28 bits per heavy atom. The molecule has 0 spiro atoms. The van der Waals surface area contributed by atoms with Crippen molar-refractivity contribution in [3.05, 3.63) is 29.3 Å². The maximum absolute atomic E-state index is 15.1. The third kappa shape index (κ3) is 6.63. The highest BCUT2D eigenvalue weighted by Crippen LogP contribution is 2.49. The molecule has 0 radical (unpaired) electrons. The van der Waals surface area contributed by atoms with Gasteiger partial charge in [0.2, 0.25) is 17.7 Å². The van der Waals surface area contributed by atoms with E-state index in [9.17, 15) is 19.6 Å². The molecule has 1 aromatic carbocycles. The lowest BCUT2D eigenvalue weighted by Gasteiger charge is -2.54. The van der Waals surface area contributed by atoms with Gasteiger partial charge in [-0.25, -0.2) is 8.78 Å². The Labute approximate surface area is 232 Å². The number of nitrogens with one attached hydrogen (secondary N) is 3. The lowest BCUT2D eigenvalue weighted by molar-refractivity contribution is -0.194. The van der Waals surface area contributed by atoms with Crippen molar-refractivity contribution in [2.24, 2.45) is 17.8 Å². The fourth-order valence-electron chi connectivity index (χ4n) is 6.22. The van der Waals surface area contributed by atoms with Gasteiger partial charge in [0.05, 0.1) is 12.0 Å². The van der Waals surface area contributed by atoms with Crippen molar-refractivity contribution in [2.45, 2.75) is 88.9 Å². The minimum atomic E-state index is -3.11. The largest absolute Gasteiger partial charge is 0.374 e. The summed E-state index contributed by atoms with van der Waals surface area (Å²) in [5, 5.41) is 18.8. The molecule has 6 atom stereocenters. The van der Waals surface area contributed by atoms with E-state index in [-0.39, 0.29) is 24.7 Å². The Morgan fingerprint density at radius 2 is 2.05 bits per heavy atom. The normalized spacial score (nSPS) is 27.3. The minimum Gasteiger partial charge on any atom is -0.374 e. The van der Waals surface area contributed by atoms with E-state index < -0.39 is 60.2 Å². The number of nitrogens with zero attached hydrogens (tertiary/aromatic N) is 2. The third-order valence-electron chi connectivity index (χ3n) is 8.02. The molecule has 8 nitrogen and oxygen atoms in total. The Balaban J connectivity index is 1.58. The van der Waals surface area contributed by atoms with Crippen LogP contribution in [0.2, 0.25) is 5.02 Å². The molecule has 4 fully saturated rings. The van der Waals surface area contributed by atoms with E-state index in [4.69, 9.17) is 11.6 Å². The molecule has 5 rings (SSSR count). The zero-order valence-corrected chi connectivity index (χ0v) is 23.0. The van der Waals surface area contributed by atoms with Crippen LogP contribution in [0, 0.1) is 29.1 Å². The summed E-state index contributed by atoms with van der Waals surface area (Å²) in [5.41, 5.74) is 0.616. The first kappa shape index (κ1) is 29.1. The highest BCUT2D eigenvalue weighted by Gasteiger charge is 2.61. The van der Waals surface area contributed by atoms with Crippen molar-refractivity contribution in [2.75, 3.05) is 11.9 Å². The molecule has 0 aromatic heterocycles. The van der Waals surface area contributed by atoms with Crippen molar-refractivity contribution in [1.29, 1.82) is 5.26 Å². The van der Waals surface area contributed by atoms with E-state index in [0.717, 1.165) is 6.42 Å². The summed E-state index contributed by atoms with van der Waals surface area (Å²) in [5.74, 6) is -6.18. The molecule has 11 heteroatoms. The van der Waals surface area contributed by atoms with Gasteiger partial charge >= 0.3 is 0 Å². The van der Waals surface area contributed by atoms with Crippen LogP contribution in [-0.2, 0) is 14.4 Å². The molecule has 1 saturated carbocycles. The molecular formula is C28H36ClF2N5O3. The van der Waals surface area contributed by atoms with Crippen LogP contribution in [0.25, 0.3) is 0 Å². The van der Waals surface area contributed by atoms with E-state index in [2.05, 4.69) is 16.0 Å². The molecule has 1 aliphatic carbocycles. The predicted octanol–water partition coefficient (Wildman–Crippen LogP) is 4.11. The monoisotopic (exact) mass is 563 g/mol. The first-order chi connectivity index (χ1) is 18.5. The lowest BCUT2D eigenvalue weighted by atomic mass is 9.71. The smallest absolute Gasteiger partial charge is 0.255 e. The Hall–Kier alpha value is -2.93. The van der Waals surface area contributed by atoms with E-state index in [1.807, 2.05) is 19.9 Å². The highest BCUT2D eigenvalue weighted by molar-refractivity contribution is 6.30. The van der Waals surface area contributed by atoms with Crippen molar-refractivity contribution in [1.82, 2.24) is 15.5 Å². The Bertz CT molecular complexity index is 1130. The zero-order chi connectivity index (χ0) is 28.3. The van der Waals surface area contributed by atoms with Crippen LogP contribution in [0.1, 0.15) is 58.8 Å². The van der Waals surface area contributed by atoms with E-state index in [1.54, 1.807) is 24.3 Å². The second-order valence-corrected chi connectivity index (χ2v) is 11.8. The number of benzene rings is 1. The first-order valence-corrected chi connectivity index (χ1v) is 14.1. The maximum Gasteiger partial charge on any atom is 0.255 e. The predicted molar refractivity (Wildman–Crippen MR) is 143 cm³/mol. The molecule has 4 aliphatic rings. The van der Waals surface area contributed by atoms with Gasteiger partial charge in [0.15, 0.2) is 0 Å². The number of alkyl halides is 2. The summed E-state index contributed by atoms with van der Waals surface area (Å²) in [7, 11) is 0. The number of carbonyl (C=O) groups excluding carboxylic acids is 3. The average molecular weight is 564 g/mol. The lowest BCUT2D eigenvalue weighted by Crippen LogP contribution is -2.70. The van der Waals surface area contributed by atoms with Gasteiger partial charge in [0.1, 0.15) is 18.1 Å². The highest BCUT2D eigenvalue weighted by atomic mass is 35.5. The number of fused-ring (bicyclic) bond motifs is 3. The molecule has 212 valence electrons. The summed E-state index contributed by atoms with van der Waals surface area (Å²) < 4.78 is 30.3. The Kier molecular flexibility index (Phi) is 9.00. The minimum absolute atomic E-state index is 0.0888. The maximum atomic E-state index is 15.1. The van der Waals surface area contributed by atoms with Crippen molar-refractivity contribution in [3.8, 4) is 6.07 Å². The van der Waals surface area contributed by atoms with Gasteiger partial charge in [0.25, 0.3) is 5.92 Å². The summed E-state index contributed by atoms with van der Waals surface area (Å²) in [6.07, 6.45) is 1.85. The number of halogens is 3. The number of nitriles is 1. The topological polar surface area (TPSA) is 114 Å². The van der Waals surface area contributed by atoms with Crippen LogP contribution in [0.5, 0.6) is 0 Å². The standard InChI is InChI=1S/C28H36ClF2N5O3/c1-16(2)11-23(34-19-7-3-6-18(29)13-19)27(39)36-21-8-9-22(28(30,31)14-21)24(36)26(38)35-20(15-32)12-17-5-4-10-33-25(17)37/h3,6-7,13,16-17,20-24,34H,4-5,8-12,14H2,1-2H3,(H,33,37)(H,35,38)/t17-,20-,21-,22-,23+,24+/m1/s1. The number of hydrogen-bond donors (Lipinski definition) is 3. The van der Waals surface area contributed by atoms with Crippen LogP contribution < -0.4 is 16.0 Å². The number of rotatable bonds is 9. The van der Waals surface area contributed by atoms with Gasteiger partial charge in [-0.15, -0.1) is 0 Å². The SMILES string of the molecule is CC(C)C[C@H](Nc1cccc(Cl)c1)C(=O)N1[C@@H]2CC[C@H]([C@H]1C(=O)N[C@@H](C#N)C[C@H]1CCCNC1=O)C(F)(F)C2. The molecule has 39 heavy (non-hydrogen) atoms. The van der Waals surface area contributed by atoms with Crippen molar-refractivity contribution in [3.63, 3.8) is 0 Å². The van der Waals surface area contributed by atoms with Crippen LogP contribution in [0.3, 0.4) is 0 Å². The zero-order valence-electron chi connectivity index (χ0n) is 22.3. The summed E-state index contributed by atoms with van der Waals surface area (Å²) in [6.45, 7) is 4.48. The van der Waals surface area contributed by atoms with Gasteiger partial charge in [-0.1, -0.05) is 31.5 Å². The average Bonchev–Trinajstić information content (AvgIpc) is 2.87. The number of amides is 3. The molecular weight excluding hydrogens is 528 g/mol. The summed E-state index contributed by atoms with van der Waals surface area (Å²) in [6, 6.07) is 4.91. The third-order valence-corrected chi connectivity index (χ3v) is 8.26. The number of anilines is 1. The van der Waals surface area contributed by atoms with Gasteiger partial charge in [0, 0.05) is 35.6 Å². The number of hydrogen-bond acceptors (Lipinski definition) is 5. The quantitative estimate of drug-likeness (QED) is 0.418. The molecule has 3 N–H and O–H groups in total. The summed E-state index contributed by atoms with van der Waals surface area (Å²) >= 11 is 6.13. The molecule has 2 bridgehead atoms. The van der Waals surface area contributed by atoms with Gasteiger partial charge in [-0.05, 0) is 62.6 Å². The van der Waals surface area contributed by atoms with Crippen LogP contribution >= 0.6 is 11.6 Å². The number of piperidine rings is 3. The fourth-order valence-corrected chi connectivity index (χ4v) is 6.41. The number of carbonyl (C=O) groups is 3. The molecule has 3 saturated heterocycles. The first-order valence-electron chi connectivity index (χ1n) is 13.7.